The zero-order chi connectivity index (χ0) is 21.3. The molecule has 1 atom stereocenters. The van der Waals surface area contributed by atoms with Gasteiger partial charge in [0.2, 0.25) is 0 Å². The lowest BCUT2D eigenvalue weighted by Crippen LogP contribution is -2.41. The monoisotopic (exact) mass is 403 g/mol. The zero-order valence-corrected chi connectivity index (χ0v) is 18.6. The lowest BCUT2D eigenvalue weighted by molar-refractivity contribution is 0.164. The van der Waals surface area contributed by atoms with Gasteiger partial charge in [-0.2, -0.15) is 0 Å². The Bertz CT molecular complexity index is 893. The van der Waals surface area contributed by atoms with E-state index in [0.29, 0.717) is 6.04 Å². The van der Waals surface area contributed by atoms with E-state index in [-0.39, 0.29) is 0 Å². The summed E-state index contributed by atoms with van der Waals surface area (Å²) in [6, 6.07) is 12.7. The third-order valence-corrected chi connectivity index (χ3v) is 5.72. The van der Waals surface area contributed by atoms with Crippen molar-refractivity contribution in [1.82, 2.24) is 25.2 Å². The number of pyridine rings is 3. The molecule has 3 aromatic heterocycles. The summed E-state index contributed by atoms with van der Waals surface area (Å²) in [5.74, 6) is 0. The Hall–Kier alpha value is -2.63. The van der Waals surface area contributed by atoms with E-state index in [1.54, 1.807) is 0 Å². The van der Waals surface area contributed by atoms with E-state index in [9.17, 15) is 0 Å². The van der Waals surface area contributed by atoms with E-state index in [2.05, 4.69) is 71.1 Å². The van der Waals surface area contributed by atoms with Gasteiger partial charge in [-0.3, -0.25) is 19.9 Å². The molecule has 5 heteroatoms. The molecule has 3 heterocycles. The molecular weight excluding hydrogens is 370 g/mol. The Kier molecular flexibility index (Phi) is 8.05. The molecule has 30 heavy (non-hydrogen) atoms. The molecule has 0 bridgehead atoms. The summed E-state index contributed by atoms with van der Waals surface area (Å²) in [5, 5.41) is 3.63. The fourth-order valence-electron chi connectivity index (χ4n) is 3.66. The van der Waals surface area contributed by atoms with Crippen molar-refractivity contribution in [2.75, 3.05) is 6.54 Å². The summed E-state index contributed by atoms with van der Waals surface area (Å²) in [7, 11) is 0. The van der Waals surface area contributed by atoms with E-state index in [1.165, 1.54) is 16.7 Å². The summed E-state index contributed by atoms with van der Waals surface area (Å²) in [4.78, 5) is 16.3. The van der Waals surface area contributed by atoms with E-state index >= 15 is 0 Å². The minimum atomic E-state index is 0.372. The van der Waals surface area contributed by atoms with Crippen molar-refractivity contribution in [3.63, 3.8) is 0 Å². The van der Waals surface area contributed by atoms with Gasteiger partial charge in [0.15, 0.2) is 0 Å². The van der Waals surface area contributed by atoms with Gasteiger partial charge in [0.25, 0.3) is 0 Å². The Morgan fingerprint density at radius 1 is 0.767 bits per heavy atom. The predicted molar refractivity (Wildman–Crippen MR) is 122 cm³/mol. The fraction of sp³-hybridized carbons (Fsp3) is 0.400. The lowest BCUT2D eigenvalue weighted by atomic mass is 10.1. The highest BCUT2D eigenvalue weighted by Gasteiger charge is 2.20. The van der Waals surface area contributed by atoms with Gasteiger partial charge in [0.05, 0.1) is 17.1 Å². The van der Waals surface area contributed by atoms with Crippen LogP contribution in [0.3, 0.4) is 0 Å². The van der Waals surface area contributed by atoms with Crippen molar-refractivity contribution in [2.45, 2.75) is 59.8 Å². The zero-order valence-electron chi connectivity index (χ0n) is 18.6. The molecule has 0 spiro atoms. The number of aromatic nitrogens is 3. The van der Waals surface area contributed by atoms with Crippen molar-refractivity contribution in [3.05, 3.63) is 88.8 Å². The molecule has 1 N–H and O–H groups in total. The highest BCUT2D eigenvalue weighted by Crippen LogP contribution is 2.17. The highest BCUT2D eigenvalue weighted by atomic mass is 15.2. The molecule has 158 valence electrons. The third-order valence-electron chi connectivity index (χ3n) is 5.72. The minimum absolute atomic E-state index is 0.372. The maximum atomic E-state index is 4.65. The van der Waals surface area contributed by atoms with Crippen LogP contribution in [0.15, 0.2) is 55.0 Å². The molecule has 3 aromatic rings. The van der Waals surface area contributed by atoms with Crippen molar-refractivity contribution < 1.29 is 0 Å². The lowest BCUT2D eigenvalue weighted by Gasteiger charge is -2.31. The second-order valence-electron chi connectivity index (χ2n) is 7.90. The highest BCUT2D eigenvalue weighted by molar-refractivity contribution is 5.20. The first kappa shape index (κ1) is 22.1. The summed E-state index contributed by atoms with van der Waals surface area (Å²) in [6.45, 7) is 11.9. The van der Waals surface area contributed by atoms with Gasteiger partial charge in [-0.15, -0.1) is 0 Å². The summed E-state index contributed by atoms with van der Waals surface area (Å²) in [6.07, 6.45) is 6.68. The normalized spacial score (nSPS) is 12.3. The second-order valence-corrected chi connectivity index (χ2v) is 7.90. The molecule has 0 radical (unpaired) electrons. The molecule has 0 aliphatic rings. The second kappa shape index (κ2) is 11.0. The molecule has 0 aliphatic carbocycles. The molecule has 0 aromatic carbocycles. The van der Waals surface area contributed by atoms with Crippen LogP contribution < -0.4 is 5.32 Å². The van der Waals surface area contributed by atoms with Crippen molar-refractivity contribution >= 4 is 0 Å². The standard InChI is InChI=1S/C25H33N5/c1-5-22(15-26-16-23-19(2)9-6-12-27-23)30(17-24-20(3)10-7-13-28-24)18-25-21(4)11-8-14-29-25/h6-14,22,26H,5,15-18H2,1-4H3. The van der Waals surface area contributed by atoms with Crippen LogP contribution in [-0.2, 0) is 19.6 Å². The van der Waals surface area contributed by atoms with E-state index in [1.807, 2.05) is 36.8 Å². The maximum absolute atomic E-state index is 4.65. The first-order valence-electron chi connectivity index (χ1n) is 10.7. The quantitative estimate of drug-likeness (QED) is 0.545. The minimum Gasteiger partial charge on any atom is -0.310 e. The van der Waals surface area contributed by atoms with Crippen LogP contribution in [0.1, 0.15) is 47.1 Å². The molecule has 0 amide bonds. The maximum Gasteiger partial charge on any atom is 0.0573 e. The first-order chi connectivity index (χ1) is 14.6. The Morgan fingerprint density at radius 2 is 1.23 bits per heavy atom. The van der Waals surface area contributed by atoms with Crippen LogP contribution in [0, 0.1) is 20.8 Å². The van der Waals surface area contributed by atoms with Gasteiger partial charge in [0.1, 0.15) is 0 Å². The predicted octanol–water partition coefficient (Wildman–Crippen LogP) is 4.37. The van der Waals surface area contributed by atoms with Crippen molar-refractivity contribution in [1.29, 1.82) is 0 Å². The Balaban J connectivity index is 1.75. The number of nitrogens with zero attached hydrogens (tertiary/aromatic N) is 4. The smallest absolute Gasteiger partial charge is 0.0573 e. The number of aryl methyl sites for hydroxylation is 3. The van der Waals surface area contributed by atoms with Crippen LogP contribution in [-0.4, -0.2) is 32.4 Å². The number of nitrogens with one attached hydrogen (secondary N) is 1. The number of rotatable bonds is 10. The molecule has 1 unspecified atom stereocenters. The van der Waals surface area contributed by atoms with Gasteiger partial charge in [-0.1, -0.05) is 25.1 Å². The molecule has 3 rings (SSSR count). The van der Waals surface area contributed by atoms with Crippen LogP contribution >= 0.6 is 0 Å². The van der Waals surface area contributed by atoms with Crippen LogP contribution in [0.2, 0.25) is 0 Å². The van der Waals surface area contributed by atoms with Gasteiger partial charge < -0.3 is 5.32 Å². The van der Waals surface area contributed by atoms with Gasteiger partial charge in [0, 0.05) is 50.8 Å². The summed E-state index contributed by atoms with van der Waals surface area (Å²) >= 11 is 0. The molecule has 5 nitrogen and oxygen atoms in total. The Morgan fingerprint density at radius 3 is 1.67 bits per heavy atom. The molecule has 0 saturated carbocycles. The largest absolute Gasteiger partial charge is 0.310 e. The SMILES string of the molecule is CCC(CNCc1ncccc1C)N(Cc1ncccc1C)Cc1ncccc1C. The number of hydrogen-bond acceptors (Lipinski definition) is 5. The molecule has 0 fully saturated rings. The fourth-order valence-corrected chi connectivity index (χ4v) is 3.66. The van der Waals surface area contributed by atoms with E-state index in [0.717, 1.165) is 49.7 Å². The molecular formula is C25H33N5. The van der Waals surface area contributed by atoms with Gasteiger partial charge in [-0.25, -0.2) is 0 Å². The molecule has 0 aliphatic heterocycles. The average Bonchev–Trinajstić information content (AvgIpc) is 2.75. The van der Waals surface area contributed by atoms with Crippen LogP contribution in [0.25, 0.3) is 0 Å². The topological polar surface area (TPSA) is 53.9 Å². The third kappa shape index (κ3) is 5.94. The van der Waals surface area contributed by atoms with E-state index in [4.69, 9.17) is 0 Å². The Labute approximate surface area is 180 Å². The summed E-state index contributed by atoms with van der Waals surface area (Å²) < 4.78 is 0. The van der Waals surface area contributed by atoms with Gasteiger partial charge in [-0.05, 0) is 62.1 Å². The number of hydrogen-bond donors (Lipinski definition) is 1. The summed E-state index contributed by atoms with van der Waals surface area (Å²) in [5.41, 5.74) is 7.05. The van der Waals surface area contributed by atoms with E-state index < -0.39 is 0 Å². The van der Waals surface area contributed by atoms with Crippen molar-refractivity contribution in [3.8, 4) is 0 Å². The molecule has 0 saturated heterocycles. The van der Waals surface area contributed by atoms with Crippen LogP contribution in [0.4, 0.5) is 0 Å². The average molecular weight is 404 g/mol. The van der Waals surface area contributed by atoms with Crippen molar-refractivity contribution in [2.24, 2.45) is 0 Å². The first-order valence-corrected chi connectivity index (χ1v) is 10.7. The van der Waals surface area contributed by atoms with Crippen LogP contribution in [0.5, 0.6) is 0 Å². The van der Waals surface area contributed by atoms with Gasteiger partial charge >= 0.3 is 0 Å².